The molecule has 4 amide bonds. The van der Waals surface area contributed by atoms with Crippen LogP contribution in [0.25, 0.3) is 0 Å². The third-order valence-electron chi connectivity index (χ3n) is 3.59. The molecule has 0 fully saturated rings. The Morgan fingerprint density at radius 1 is 1.32 bits per heavy atom. The number of anilines is 1. The number of fused-ring (bicyclic) bond motifs is 1. The first-order chi connectivity index (χ1) is 10.6. The van der Waals surface area contributed by atoms with E-state index in [0.29, 0.717) is 18.5 Å². The van der Waals surface area contributed by atoms with Crippen molar-refractivity contribution in [3.8, 4) is 0 Å². The number of carbonyl (C=O) groups excluding carboxylic acids is 4. The summed E-state index contributed by atoms with van der Waals surface area (Å²) >= 11 is 0. The molecule has 2 N–H and O–H groups in total. The first-order valence-electron chi connectivity index (χ1n) is 6.99. The number of imide groups is 2. The van der Waals surface area contributed by atoms with Crippen LogP contribution in [0, 0.1) is 0 Å². The lowest BCUT2D eigenvalue weighted by Gasteiger charge is -2.24. The predicted octanol–water partition coefficient (Wildman–Crippen LogP) is 0.766. The fraction of sp³-hybridized carbons (Fsp3) is 0.333. The van der Waals surface area contributed by atoms with Gasteiger partial charge in [0, 0.05) is 12.7 Å². The Hall–Kier alpha value is -2.70. The minimum absolute atomic E-state index is 0.252. The molecule has 7 nitrogen and oxygen atoms in total. The van der Waals surface area contributed by atoms with Crippen LogP contribution in [0.5, 0.6) is 0 Å². The highest BCUT2D eigenvalue weighted by Crippen LogP contribution is 2.31. The average molecular weight is 303 g/mol. The van der Waals surface area contributed by atoms with Gasteiger partial charge in [0.1, 0.15) is 6.04 Å². The van der Waals surface area contributed by atoms with Crippen LogP contribution in [0.2, 0.25) is 0 Å². The van der Waals surface area contributed by atoms with Gasteiger partial charge in [0.2, 0.25) is 12.3 Å². The standard InChI is InChI=1S/C15H17N3O4/c1-3-5-11(13(20)17-8-19)18-14(21)9-6-4-7-10(16-2)12(9)15(18)22/h4,6-8,11,16H,3,5H2,1-2H3,(H,17,19,20). The Kier molecular flexibility index (Phi) is 4.55. The van der Waals surface area contributed by atoms with Gasteiger partial charge in [0.15, 0.2) is 0 Å². The van der Waals surface area contributed by atoms with Crippen LogP contribution in [0.4, 0.5) is 5.69 Å². The van der Waals surface area contributed by atoms with Gasteiger partial charge in [-0.2, -0.15) is 0 Å². The largest absolute Gasteiger partial charge is 0.387 e. The van der Waals surface area contributed by atoms with Crippen LogP contribution in [0.3, 0.4) is 0 Å². The first-order valence-corrected chi connectivity index (χ1v) is 6.99. The highest BCUT2D eigenvalue weighted by Gasteiger charge is 2.43. The van der Waals surface area contributed by atoms with Crippen molar-refractivity contribution in [3.63, 3.8) is 0 Å². The fourth-order valence-electron chi connectivity index (χ4n) is 2.60. The van der Waals surface area contributed by atoms with E-state index in [1.807, 2.05) is 12.2 Å². The summed E-state index contributed by atoms with van der Waals surface area (Å²) in [5.74, 6) is -1.70. The lowest BCUT2D eigenvalue weighted by atomic mass is 10.1. The van der Waals surface area contributed by atoms with E-state index < -0.39 is 23.8 Å². The molecule has 1 heterocycles. The predicted molar refractivity (Wildman–Crippen MR) is 79.4 cm³/mol. The molecule has 1 aliphatic heterocycles. The minimum Gasteiger partial charge on any atom is -0.387 e. The Bertz CT molecular complexity index is 642. The zero-order chi connectivity index (χ0) is 16.3. The maximum Gasteiger partial charge on any atom is 0.264 e. The zero-order valence-electron chi connectivity index (χ0n) is 12.4. The normalized spacial score (nSPS) is 14.5. The van der Waals surface area contributed by atoms with Gasteiger partial charge in [-0.25, -0.2) is 0 Å². The van der Waals surface area contributed by atoms with E-state index >= 15 is 0 Å². The Morgan fingerprint density at radius 3 is 2.64 bits per heavy atom. The van der Waals surface area contributed by atoms with Crippen LogP contribution in [-0.2, 0) is 9.59 Å². The molecular weight excluding hydrogens is 286 g/mol. The molecule has 0 saturated heterocycles. The van der Waals surface area contributed by atoms with Crippen molar-refractivity contribution >= 4 is 29.8 Å². The van der Waals surface area contributed by atoms with E-state index in [1.54, 1.807) is 25.2 Å². The van der Waals surface area contributed by atoms with Crippen LogP contribution in [0.1, 0.15) is 40.5 Å². The van der Waals surface area contributed by atoms with Crippen molar-refractivity contribution in [1.29, 1.82) is 0 Å². The molecule has 1 unspecified atom stereocenters. The second kappa shape index (κ2) is 6.38. The molecular formula is C15H17N3O4. The minimum atomic E-state index is -0.993. The second-order valence-corrected chi connectivity index (χ2v) is 4.89. The summed E-state index contributed by atoms with van der Waals surface area (Å²) in [6.07, 6.45) is 1.13. The summed E-state index contributed by atoms with van der Waals surface area (Å²) in [6.45, 7) is 1.83. The molecule has 0 bridgehead atoms. The SMILES string of the molecule is CCCC(C(=O)NC=O)N1C(=O)c2cccc(NC)c2C1=O. The zero-order valence-corrected chi connectivity index (χ0v) is 12.4. The topological polar surface area (TPSA) is 95.6 Å². The van der Waals surface area contributed by atoms with Gasteiger partial charge in [0.05, 0.1) is 11.1 Å². The number of hydrogen-bond donors (Lipinski definition) is 2. The molecule has 7 heteroatoms. The van der Waals surface area contributed by atoms with Crippen molar-refractivity contribution in [1.82, 2.24) is 10.2 Å². The summed E-state index contributed by atoms with van der Waals surface area (Å²) in [4.78, 5) is 48.6. The molecule has 22 heavy (non-hydrogen) atoms. The molecule has 0 spiro atoms. The number of hydrogen-bond acceptors (Lipinski definition) is 5. The monoisotopic (exact) mass is 303 g/mol. The second-order valence-electron chi connectivity index (χ2n) is 4.89. The smallest absolute Gasteiger partial charge is 0.264 e. The van der Waals surface area contributed by atoms with E-state index in [2.05, 4.69) is 5.32 Å². The number of nitrogens with zero attached hydrogens (tertiary/aromatic N) is 1. The molecule has 0 aromatic heterocycles. The lowest BCUT2D eigenvalue weighted by Crippen LogP contribution is -2.49. The molecule has 2 rings (SSSR count). The van der Waals surface area contributed by atoms with Crippen LogP contribution < -0.4 is 10.6 Å². The van der Waals surface area contributed by atoms with Gasteiger partial charge in [0.25, 0.3) is 11.8 Å². The van der Waals surface area contributed by atoms with Gasteiger partial charge < -0.3 is 5.32 Å². The van der Waals surface area contributed by atoms with Crippen molar-refractivity contribution in [2.24, 2.45) is 0 Å². The summed E-state index contributed by atoms with van der Waals surface area (Å²) in [5, 5.41) is 4.89. The quantitative estimate of drug-likeness (QED) is 0.597. The summed E-state index contributed by atoms with van der Waals surface area (Å²) in [7, 11) is 1.65. The van der Waals surface area contributed by atoms with Gasteiger partial charge in [-0.3, -0.25) is 29.4 Å². The third-order valence-corrected chi connectivity index (χ3v) is 3.59. The number of rotatable bonds is 6. The molecule has 0 saturated carbocycles. The van der Waals surface area contributed by atoms with E-state index in [4.69, 9.17) is 0 Å². The highest BCUT2D eigenvalue weighted by atomic mass is 16.2. The Morgan fingerprint density at radius 2 is 2.05 bits per heavy atom. The van der Waals surface area contributed by atoms with Gasteiger partial charge in [-0.15, -0.1) is 0 Å². The van der Waals surface area contributed by atoms with E-state index in [0.717, 1.165) is 4.90 Å². The van der Waals surface area contributed by atoms with Crippen molar-refractivity contribution < 1.29 is 19.2 Å². The van der Waals surface area contributed by atoms with Crippen LogP contribution >= 0.6 is 0 Å². The summed E-state index contributed by atoms with van der Waals surface area (Å²) < 4.78 is 0. The number of nitrogens with one attached hydrogen (secondary N) is 2. The summed E-state index contributed by atoms with van der Waals surface area (Å²) in [6, 6.07) is 3.91. The van der Waals surface area contributed by atoms with E-state index in [9.17, 15) is 19.2 Å². The lowest BCUT2D eigenvalue weighted by molar-refractivity contribution is -0.128. The van der Waals surface area contributed by atoms with E-state index in [1.165, 1.54) is 0 Å². The molecule has 116 valence electrons. The van der Waals surface area contributed by atoms with Crippen molar-refractivity contribution in [3.05, 3.63) is 29.3 Å². The van der Waals surface area contributed by atoms with Crippen LogP contribution in [-0.4, -0.2) is 42.1 Å². The van der Waals surface area contributed by atoms with Gasteiger partial charge >= 0.3 is 0 Å². The molecule has 1 atom stereocenters. The third kappa shape index (κ3) is 2.45. The van der Waals surface area contributed by atoms with E-state index in [-0.39, 0.29) is 17.5 Å². The molecule has 1 aliphatic rings. The Balaban J connectivity index is 2.45. The summed E-state index contributed by atoms with van der Waals surface area (Å²) in [5.41, 5.74) is 1.05. The molecule has 1 aromatic carbocycles. The Labute approximate surface area is 127 Å². The van der Waals surface area contributed by atoms with Gasteiger partial charge in [-0.1, -0.05) is 19.4 Å². The molecule has 1 aromatic rings. The first kappa shape index (κ1) is 15.7. The number of amides is 4. The average Bonchev–Trinajstić information content (AvgIpc) is 2.77. The fourth-order valence-corrected chi connectivity index (χ4v) is 2.60. The van der Waals surface area contributed by atoms with Crippen molar-refractivity contribution in [2.75, 3.05) is 12.4 Å². The van der Waals surface area contributed by atoms with Crippen molar-refractivity contribution in [2.45, 2.75) is 25.8 Å². The van der Waals surface area contributed by atoms with Gasteiger partial charge in [-0.05, 0) is 18.6 Å². The molecule has 0 radical (unpaired) electrons. The highest BCUT2D eigenvalue weighted by molar-refractivity contribution is 6.25. The maximum absolute atomic E-state index is 12.6. The maximum atomic E-state index is 12.6. The number of benzene rings is 1. The molecule has 0 aliphatic carbocycles. The van der Waals surface area contributed by atoms with Crippen LogP contribution in [0.15, 0.2) is 18.2 Å². The number of carbonyl (C=O) groups is 4.